The third-order valence-corrected chi connectivity index (χ3v) is 5.84. The molecule has 0 saturated carbocycles. The second kappa shape index (κ2) is 8.68. The number of aromatic nitrogens is 2. The quantitative estimate of drug-likeness (QED) is 0.470. The van der Waals surface area contributed by atoms with E-state index in [0.717, 1.165) is 22.4 Å². The summed E-state index contributed by atoms with van der Waals surface area (Å²) in [6.07, 6.45) is 0. The van der Waals surface area contributed by atoms with E-state index < -0.39 is 5.92 Å². The van der Waals surface area contributed by atoms with Gasteiger partial charge in [-0.3, -0.25) is 0 Å². The highest BCUT2D eigenvalue weighted by Gasteiger charge is 2.38. The minimum absolute atomic E-state index is 0.0477. The highest BCUT2D eigenvalue weighted by atomic mass is 16.5. The number of ether oxygens (including phenoxy) is 3. The molecule has 0 amide bonds. The van der Waals surface area contributed by atoms with E-state index in [1.807, 2.05) is 78.9 Å². The Morgan fingerprint density at radius 1 is 0.941 bits per heavy atom. The predicted molar refractivity (Wildman–Crippen MR) is 128 cm³/mol. The van der Waals surface area contributed by atoms with E-state index >= 15 is 0 Å². The van der Waals surface area contributed by atoms with Crippen molar-refractivity contribution < 1.29 is 14.2 Å². The van der Waals surface area contributed by atoms with Crippen molar-refractivity contribution in [3.8, 4) is 40.4 Å². The summed E-state index contributed by atoms with van der Waals surface area (Å²) >= 11 is 0. The van der Waals surface area contributed by atoms with Crippen molar-refractivity contribution in [2.75, 3.05) is 14.2 Å². The Morgan fingerprint density at radius 3 is 2.26 bits per heavy atom. The van der Waals surface area contributed by atoms with Gasteiger partial charge in [-0.1, -0.05) is 54.6 Å². The summed E-state index contributed by atoms with van der Waals surface area (Å²) in [7, 11) is 3.16. The Kier molecular flexibility index (Phi) is 5.40. The van der Waals surface area contributed by atoms with Gasteiger partial charge in [0.05, 0.1) is 31.4 Å². The van der Waals surface area contributed by atoms with Crippen LogP contribution in [0.4, 0.5) is 0 Å². The molecule has 0 spiro atoms. The van der Waals surface area contributed by atoms with Crippen molar-refractivity contribution in [3.63, 3.8) is 0 Å². The summed E-state index contributed by atoms with van der Waals surface area (Å²) in [5.74, 6) is 1.16. The average Bonchev–Trinajstić information content (AvgIpc) is 3.27. The number of nitrogens with zero attached hydrogens (tertiary/aromatic N) is 3. The fourth-order valence-electron chi connectivity index (χ4n) is 4.26. The molecular formula is C27H22N4O3. The standard InChI is InChI=1S/C27H22N4O3/c1-32-21-14-13-18(15-22(21)33-2)23-20(16-28)26(29)34-27-24(23)25(17-9-5-3-6-10-17)30-31(27)19-11-7-4-8-12-19/h3-15,23H,29H2,1-2H3/t23-/m0/s1. The molecule has 1 aromatic heterocycles. The van der Waals surface area contributed by atoms with Gasteiger partial charge in [0, 0.05) is 5.56 Å². The molecule has 0 bridgehead atoms. The number of fused-ring (bicyclic) bond motifs is 1. The highest BCUT2D eigenvalue weighted by molar-refractivity contribution is 5.72. The summed E-state index contributed by atoms with van der Waals surface area (Å²) in [5.41, 5.74) is 10.6. The lowest BCUT2D eigenvalue weighted by Gasteiger charge is -2.25. The second-order valence-electron chi connectivity index (χ2n) is 7.72. The molecule has 0 fully saturated rings. The number of hydrogen-bond donors (Lipinski definition) is 1. The molecule has 5 rings (SSSR count). The summed E-state index contributed by atoms with van der Waals surface area (Å²) in [6.45, 7) is 0. The fraction of sp³-hybridized carbons (Fsp3) is 0.111. The Hall–Kier alpha value is -4.70. The van der Waals surface area contributed by atoms with E-state index in [1.165, 1.54) is 0 Å². The van der Waals surface area contributed by atoms with Gasteiger partial charge in [0.1, 0.15) is 17.3 Å². The van der Waals surface area contributed by atoms with Gasteiger partial charge in [0.15, 0.2) is 11.5 Å². The monoisotopic (exact) mass is 450 g/mol. The first-order valence-corrected chi connectivity index (χ1v) is 10.7. The van der Waals surface area contributed by atoms with E-state index in [0.29, 0.717) is 28.6 Å². The van der Waals surface area contributed by atoms with Crippen LogP contribution in [0.3, 0.4) is 0 Å². The van der Waals surface area contributed by atoms with Crippen LogP contribution >= 0.6 is 0 Å². The minimum Gasteiger partial charge on any atom is -0.493 e. The zero-order valence-electron chi connectivity index (χ0n) is 18.7. The van der Waals surface area contributed by atoms with E-state index in [-0.39, 0.29) is 5.88 Å². The van der Waals surface area contributed by atoms with Crippen LogP contribution in [0.1, 0.15) is 17.0 Å². The topological polar surface area (TPSA) is 95.3 Å². The number of nitriles is 1. The highest BCUT2D eigenvalue weighted by Crippen LogP contribution is 2.48. The molecule has 4 aromatic rings. The van der Waals surface area contributed by atoms with Crippen LogP contribution in [0.2, 0.25) is 0 Å². The zero-order chi connectivity index (χ0) is 23.7. The fourth-order valence-corrected chi connectivity index (χ4v) is 4.26. The first kappa shape index (κ1) is 21.2. The number of rotatable bonds is 5. The summed E-state index contributed by atoms with van der Waals surface area (Å²) in [4.78, 5) is 0. The molecule has 0 aliphatic carbocycles. The van der Waals surface area contributed by atoms with Crippen molar-refractivity contribution in [1.29, 1.82) is 5.26 Å². The van der Waals surface area contributed by atoms with Crippen LogP contribution in [0, 0.1) is 11.3 Å². The van der Waals surface area contributed by atoms with Crippen LogP contribution in [-0.2, 0) is 0 Å². The maximum absolute atomic E-state index is 10.1. The van der Waals surface area contributed by atoms with Gasteiger partial charge in [-0.2, -0.15) is 15.0 Å². The number of methoxy groups -OCH3 is 2. The Labute approximate surface area is 197 Å². The van der Waals surface area contributed by atoms with Gasteiger partial charge in [-0.25, -0.2) is 0 Å². The van der Waals surface area contributed by atoms with Crippen molar-refractivity contribution in [2.24, 2.45) is 5.73 Å². The predicted octanol–water partition coefficient (Wildman–Crippen LogP) is 4.77. The third kappa shape index (κ3) is 3.42. The SMILES string of the molecule is COc1ccc([C@H]2C(C#N)=C(N)Oc3c2c(-c2ccccc2)nn3-c2ccccc2)cc1OC. The van der Waals surface area contributed by atoms with Gasteiger partial charge < -0.3 is 19.9 Å². The van der Waals surface area contributed by atoms with Crippen LogP contribution in [0.25, 0.3) is 16.9 Å². The number of para-hydroxylation sites is 1. The lowest BCUT2D eigenvalue weighted by Crippen LogP contribution is -2.22. The van der Waals surface area contributed by atoms with Crippen LogP contribution < -0.4 is 19.9 Å². The second-order valence-corrected chi connectivity index (χ2v) is 7.72. The largest absolute Gasteiger partial charge is 0.493 e. The first-order chi connectivity index (χ1) is 16.7. The molecule has 3 aromatic carbocycles. The normalized spacial score (nSPS) is 14.7. The van der Waals surface area contributed by atoms with Crippen molar-refractivity contribution >= 4 is 0 Å². The minimum atomic E-state index is -0.513. The molecule has 0 saturated heterocycles. The van der Waals surface area contributed by atoms with Crippen LogP contribution in [0.15, 0.2) is 90.3 Å². The van der Waals surface area contributed by atoms with Gasteiger partial charge in [-0.15, -0.1) is 0 Å². The van der Waals surface area contributed by atoms with Gasteiger partial charge in [-0.05, 0) is 29.8 Å². The number of hydrogen-bond acceptors (Lipinski definition) is 6. The van der Waals surface area contributed by atoms with Crippen LogP contribution in [-0.4, -0.2) is 24.0 Å². The molecule has 0 radical (unpaired) electrons. The Morgan fingerprint density at radius 2 is 1.62 bits per heavy atom. The summed E-state index contributed by atoms with van der Waals surface area (Å²) in [6, 6.07) is 27.3. The maximum Gasteiger partial charge on any atom is 0.229 e. The Bertz CT molecular complexity index is 1420. The molecule has 7 heteroatoms. The van der Waals surface area contributed by atoms with Gasteiger partial charge in [0.25, 0.3) is 0 Å². The van der Waals surface area contributed by atoms with E-state index in [1.54, 1.807) is 18.9 Å². The van der Waals surface area contributed by atoms with Crippen molar-refractivity contribution in [3.05, 3.63) is 101 Å². The molecule has 2 N–H and O–H groups in total. The molecule has 7 nitrogen and oxygen atoms in total. The number of benzene rings is 3. The Balaban J connectivity index is 1.82. The lowest BCUT2D eigenvalue weighted by molar-refractivity contribution is 0.353. The van der Waals surface area contributed by atoms with E-state index in [4.69, 9.17) is 25.0 Å². The third-order valence-electron chi connectivity index (χ3n) is 5.84. The maximum atomic E-state index is 10.1. The molecule has 34 heavy (non-hydrogen) atoms. The molecular weight excluding hydrogens is 428 g/mol. The summed E-state index contributed by atoms with van der Waals surface area (Å²) < 4.78 is 18.7. The van der Waals surface area contributed by atoms with Crippen LogP contribution in [0.5, 0.6) is 17.4 Å². The smallest absolute Gasteiger partial charge is 0.229 e. The van der Waals surface area contributed by atoms with Gasteiger partial charge in [0.2, 0.25) is 11.8 Å². The molecule has 0 unspecified atom stereocenters. The number of allylic oxidation sites excluding steroid dienone is 1. The molecule has 1 aliphatic rings. The number of nitrogens with two attached hydrogens (primary N) is 1. The van der Waals surface area contributed by atoms with Crippen molar-refractivity contribution in [2.45, 2.75) is 5.92 Å². The molecule has 1 aliphatic heterocycles. The molecule has 2 heterocycles. The van der Waals surface area contributed by atoms with Crippen molar-refractivity contribution in [1.82, 2.24) is 9.78 Å². The average molecular weight is 450 g/mol. The van der Waals surface area contributed by atoms with E-state index in [9.17, 15) is 5.26 Å². The molecule has 1 atom stereocenters. The molecule has 168 valence electrons. The van der Waals surface area contributed by atoms with E-state index in [2.05, 4.69) is 6.07 Å². The first-order valence-electron chi connectivity index (χ1n) is 10.7. The zero-order valence-corrected chi connectivity index (χ0v) is 18.7. The lowest BCUT2D eigenvalue weighted by atomic mass is 9.83. The van der Waals surface area contributed by atoms with Gasteiger partial charge >= 0.3 is 0 Å². The summed E-state index contributed by atoms with van der Waals surface area (Å²) in [5, 5.41) is 15.0.